The van der Waals surface area contributed by atoms with Crippen molar-refractivity contribution < 1.29 is 23.9 Å². The summed E-state index contributed by atoms with van der Waals surface area (Å²) >= 11 is 1.33. The maximum Gasteiger partial charge on any atom is 0.328 e. The summed E-state index contributed by atoms with van der Waals surface area (Å²) in [4.78, 5) is 34.7. The summed E-state index contributed by atoms with van der Waals surface area (Å²) in [5, 5.41) is 2.68. The quantitative estimate of drug-likeness (QED) is 0.644. The highest BCUT2D eigenvalue weighted by Gasteiger charge is 2.26. The van der Waals surface area contributed by atoms with Crippen LogP contribution in [-0.2, 0) is 23.9 Å². The molecule has 0 aromatic heterocycles. The van der Waals surface area contributed by atoms with Crippen LogP contribution in [0.25, 0.3) is 0 Å². The van der Waals surface area contributed by atoms with E-state index in [1.807, 2.05) is 13.8 Å². The van der Waals surface area contributed by atoms with E-state index in [2.05, 4.69) is 10.1 Å². The zero-order valence-electron chi connectivity index (χ0n) is 13.3. The van der Waals surface area contributed by atoms with Crippen LogP contribution >= 0.6 is 11.8 Å². The lowest BCUT2D eigenvalue weighted by Crippen LogP contribution is -2.46. The molecule has 0 aromatic rings. The number of carbonyl (C=O) groups is 3. The average molecular weight is 319 g/mol. The molecule has 0 saturated heterocycles. The van der Waals surface area contributed by atoms with Crippen molar-refractivity contribution >= 4 is 29.6 Å². The molecule has 3 unspecified atom stereocenters. The molecule has 0 radical (unpaired) electrons. The van der Waals surface area contributed by atoms with Crippen molar-refractivity contribution in [1.29, 1.82) is 0 Å². The van der Waals surface area contributed by atoms with Gasteiger partial charge in [0.25, 0.3) is 0 Å². The minimum absolute atomic E-state index is 0.000364. The van der Waals surface area contributed by atoms with Crippen LogP contribution in [0, 0.1) is 11.8 Å². The maximum absolute atomic E-state index is 11.9. The maximum atomic E-state index is 11.9. The third-order valence-corrected chi connectivity index (χ3v) is 4.39. The van der Waals surface area contributed by atoms with E-state index in [0.29, 0.717) is 5.75 Å². The van der Waals surface area contributed by atoms with Gasteiger partial charge in [-0.25, -0.2) is 4.79 Å². The normalized spacial score (nSPS) is 14.7. The predicted octanol–water partition coefficient (Wildman–Crippen LogP) is 1.23. The number of nitrogens with one attached hydrogen (secondary N) is 1. The molecule has 0 aromatic carbocycles. The van der Waals surface area contributed by atoms with Gasteiger partial charge in [0, 0.05) is 5.75 Å². The van der Waals surface area contributed by atoms with E-state index in [4.69, 9.17) is 4.74 Å². The second-order valence-electron chi connectivity index (χ2n) is 4.89. The van der Waals surface area contributed by atoms with E-state index in [1.54, 1.807) is 6.92 Å². The molecular formula is C14H25NO5S. The number of thioether (sulfide) groups is 1. The second kappa shape index (κ2) is 10.5. The number of hydrogen-bond acceptors (Lipinski definition) is 6. The van der Waals surface area contributed by atoms with Crippen molar-refractivity contribution in [3.8, 4) is 0 Å². The number of esters is 2. The monoisotopic (exact) mass is 319 g/mol. The highest BCUT2D eigenvalue weighted by atomic mass is 32.2. The molecule has 1 amide bonds. The molecule has 0 aliphatic heterocycles. The molecule has 0 rings (SSSR count). The zero-order chi connectivity index (χ0) is 16.4. The Morgan fingerprint density at radius 1 is 1.10 bits per heavy atom. The van der Waals surface area contributed by atoms with E-state index in [0.717, 1.165) is 6.42 Å². The van der Waals surface area contributed by atoms with Crippen LogP contribution in [0.4, 0.5) is 0 Å². The Morgan fingerprint density at radius 3 is 2.14 bits per heavy atom. The lowest BCUT2D eigenvalue weighted by molar-refractivity contribution is -0.146. The summed E-state index contributed by atoms with van der Waals surface area (Å²) in [7, 11) is 2.64. The Labute approximate surface area is 130 Å². The topological polar surface area (TPSA) is 81.7 Å². The molecule has 0 bridgehead atoms. The Hall–Kier alpha value is -1.24. The number of rotatable bonds is 9. The third-order valence-electron chi connectivity index (χ3n) is 3.19. The van der Waals surface area contributed by atoms with Crippen LogP contribution in [-0.4, -0.2) is 49.6 Å². The summed E-state index contributed by atoms with van der Waals surface area (Å²) in [6.45, 7) is 5.57. The molecule has 122 valence electrons. The molecule has 6 nitrogen and oxygen atoms in total. The highest BCUT2D eigenvalue weighted by molar-refractivity contribution is 7.99. The second-order valence-corrected chi connectivity index (χ2v) is 5.92. The predicted molar refractivity (Wildman–Crippen MR) is 81.9 cm³/mol. The number of hydrogen-bond donors (Lipinski definition) is 1. The fourth-order valence-corrected chi connectivity index (χ4v) is 2.49. The van der Waals surface area contributed by atoms with Crippen LogP contribution in [0.5, 0.6) is 0 Å². The van der Waals surface area contributed by atoms with E-state index in [9.17, 15) is 14.4 Å². The fourth-order valence-electron chi connectivity index (χ4n) is 1.61. The van der Waals surface area contributed by atoms with Crippen molar-refractivity contribution in [3.05, 3.63) is 0 Å². The average Bonchev–Trinajstić information content (AvgIpc) is 2.49. The summed E-state index contributed by atoms with van der Waals surface area (Å²) < 4.78 is 9.32. The fraction of sp³-hybridized carbons (Fsp3) is 0.786. The Bertz CT molecular complexity index is 361. The SMILES string of the molecule is CCC(C)C(NC(=O)CSCC(C)C(=O)OC)C(=O)OC. The first-order chi connectivity index (χ1) is 9.87. The molecule has 0 fully saturated rings. The van der Waals surface area contributed by atoms with Gasteiger partial charge in [-0.05, 0) is 5.92 Å². The van der Waals surface area contributed by atoms with Crippen molar-refractivity contribution in [1.82, 2.24) is 5.32 Å². The molecule has 0 saturated carbocycles. The summed E-state index contributed by atoms with van der Waals surface area (Å²) in [5.41, 5.74) is 0. The Kier molecular flexibility index (Phi) is 9.86. The van der Waals surface area contributed by atoms with Gasteiger partial charge >= 0.3 is 11.9 Å². The van der Waals surface area contributed by atoms with Gasteiger partial charge in [0.2, 0.25) is 5.91 Å². The molecule has 0 aliphatic rings. The van der Waals surface area contributed by atoms with Crippen LogP contribution in [0.2, 0.25) is 0 Å². The Morgan fingerprint density at radius 2 is 1.67 bits per heavy atom. The van der Waals surface area contributed by atoms with Gasteiger partial charge in [0.1, 0.15) is 6.04 Å². The van der Waals surface area contributed by atoms with Gasteiger partial charge < -0.3 is 14.8 Å². The zero-order valence-corrected chi connectivity index (χ0v) is 14.1. The van der Waals surface area contributed by atoms with E-state index < -0.39 is 12.0 Å². The molecule has 0 spiro atoms. The lowest BCUT2D eigenvalue weighted by Gasteiger charge is -2.21. The molecule has 0 aliphatic carbocycles. The summed E-state index contributed by atoms with van der Waals surface area (Å²) in [6.07, 6.45) is 0.757. The molecule has 1 N–H and O–H groups in total. The van der Waals surface area contributed by atoms with Crippen molar-refractivity contribution in [3.63, 3.8) is 0 Å². The van der Waals surface area contributed by atoms with Crippen LogP contribution in [0.1, 0.15) is 27.2 Å². The molecule has 7 heteroatoms. The molecule has 21 heavy (non-hydrogen) atoms. The largest absolute Gasteiger partial charge is 0.469 e. The number of amides is 1. The van der Waals surface area contributed by atoms with Gasteiger partial charge in [-0.15, -0.1) is 0 Å². The lowest BCUT2D eigenvalue weighted by atomic mass is 9.99. The van der Waals surface area contributed by atoms with Gasteiger partial charge in [0.05, 0.1) is 25.9 Å². The number of carbonyl (C=O) groups excluding carboxylic acids is 3. The first-order valence-corrected chi connectivity index (χ1v) is 8.05. The van der Waals surface area contributed by atoms with E-state index >= 15 is 0 Å². The van der Waals surface area contributed by atoms with Crippen LogP contribution in [0.15, 0.2) is 0 Å². The van der Waals surface area contributed by atoms with E-state index in [-0.39, 0.29) is 29.5 Å². The number of ether oxygens (including phenoxy) is 2. The van der Waals surface area contributed by atoms with Crippen molar-refractivity contribution in [2.24, 2.45) is 11.8 Å². The minimum atomic E-state index is -0.633. The smallest absolute Gasteiger partial charge is 0.328 e. The molecule has 3 atom stereocenters. The first kappa shape index (κ1) is 19.8. The van der Waals surface area contributed by atoms with E-state index in [1.165, 1.54) is 26.0 Å². The van der Waals surface area contributed by atoms with Crippen LogP contribution in [0.3, 0.4) is 0 Å². The first-order valence-electron chi connectivity index (χ1n) is 6.90. The van der Waals surface area contributed by atoms with Gasteiger partial charge in [-0.1, -0.05) is 27.2 Å². The molecule has 0 heterocycles. The van der Waals surface area contributed by atoms with Crippen molar-refractivity contribution in [2.75, 3.05) is 25.7 Å². The Balaban J connectivity index is 4.27. The summed E-state index contributed by atoms with van der Waals surface area (Å²) in [5.74, 6) is -0.565. The standard InChI is InChI=1S/C14H25NO5S/c1-6-9(2)12(14(18)20-5)15-11(16)8-21-7-10(3)13(17)19-4/h9-10,12H,6-8H2,1-5H3,(H,15,16). The summed E-state index contributed by atoms with van der Waals surface area (Å²) in [6, 6.07) is -0.633. The highest BCUT2D eigenvalue weighted by Crippen LogP contribution is 2.12. The van der Waals surface area contributed by atoms with Crippen LogP contribution < -0.4 is 5.32 Å². The van der Waals surface area contributed by atoms with Crippen molar-refractivity contribution in [2.45, 2.75) is 33.2 Å². The van der Waals surface area contributed by atoms with Gasteiger partial charge in [-0.2, -0.15) is 11.8 Å². The van der Waals surface area contributed by atoms with Gasteiger partial charge in [0.15, 0.2) is 0 Å². The minimum Gasteiger partial charge on any atom is -0.469 e. The van der Waals surface area contributed by atoms with Gasteiger partial charge in [-0.3, -0.25) is 9.59 Å². The molecular weight excluding hydrogens is 294 g/mol. The third kappa shape index (κ3) is 7.36. The number of methoxy groups -OCH3 is 2.